The van der Waals surface area contributed by atoms with E-state index < -0.39 is 0 Å². The Bertz CT molecular complexity index is 973. The molecule has 0 unspecified atom stereocenters. The molecule has 0 spiro atoms. The van der Waals surface area contributed by atoms with Crippen molar-refractivity contribution in [3.63, 3.8) is 0 Å². The molecule has 3 rings (SSSR count). The molecule has 0 radical (unpaired) electrons. The topological polar surface area (TPSA) is 86.1 Å². The number of anilines is 1. The van der Waals surface area contributed by atoms with Gasteiger partial charge in [-0.05, 0) is 39.0 Å². The van der Waals surface area contributed by atoms with Crippen molar-refractivity contribution in [1.29, 1.82) is 0 Å². The molecule has 140 valence electrons. The van der Waals surface area contributed by atoms with Crippen LogP contribution in [-0.2, 0) is 4.74 Å². The van der Waals surface area contributed by atoms with Crippen LogP contribution in [0.1, 0.15) is 46.4 Å². The largest absolute Gasteiger partial charge is 0.465 e. The monoisotopic (exact) mass is 384 g/mol. The molecule has 0 saturated heterocycles. The highest BCUT2D eigenvalue weighted by atomic mass is 32.1. The predicted molar refractivity (Wildman–Crippen MR) is 104 cm³/mol. The van der Waals surface area contributed by atoms with Gasteiger partial charge in [0.25, 0.3) is 5.91 Å². The number of nitrogens with one attached hydrogen (secondary N) is 1. The second-order valence-corrected chi connectivity index (χ2v) is 7.13. The van der Waals surface area contributed by atoms with Gasteiger partial charge in [-0.2, -0.15) is 5.10 Å². The minimum Gasteiger partial charge on any atom is -0.465 e. The molecule has 1 amide bonds. The number of carbonyl (C=O) groups is 2. The van der Waals surface area contributed by atoms with Crippen molar-refractivity contribution in [2.45, 2.75) is 26.8 Å². The fourth-order valence-corrected chi connectivity index (χ4v) is 3.36. The molecule has 0 atom stereocenters. The zero-order chi connectivity index (χ0) is 19.6. The van der Waals surface area contributed by atoms with Crippen LogP contribution in [0.2, 0.25) is 0 Å². The van der Waals surface area contributed by atoms with E-state index in [0.717, 1.165) is 17.0 Å². The summed E-state index contributed by atoms with van der Waals surface area (Å²) in [6, 6.07) is 8.89. The number of amides is 1. The minimum absolute atomic E-state index is 0.186. The third-order valence-electron chi connectivity index (χ3n) is 3.97. The molecule has 1 aromatic carbocycles. The van der Waals surface area contributed by atoms with E-state index in [1.54, 1.807) is 30.3 Å². The standard InChI is InChI=1S/C19H20N4O3S/c1-11(2)23-12(3)9-15(22-23)17(24)21-19-20-16(10-27-19)13-5-7-14(8-6-13)18(25)26-4/h5-11H,1-4H3,(H,20,21,24). The van der Waals surface area contributed by atoms with E-state index in [1.165, 1.54) is 18.4 Å². The van der Waals surface area contributed by atoms with E-state index >= 15 is 0 Å². The van der Waals surface area contributed by atoms with E-state index in [9.17, 15) is 9.59 Å². The Morgan fingerprint density at radius 2 is 1.93 bits per heavy atom. The lowest BCUT2D eigenvalue weighted by atomic mass is 10.1. The van der Waals surface area contributed by atoms with E-state index in [1.807, 2.05) is 30.8 Å². The van der Waals surface area contributed by atoms with Crippen LogP contribution in [-0.4, -0.2) is 33.8 Å². The molecule has 0 aliphatic carbocycles. The first-order chi connectivity index (χ1) is 12.9. The lowest BCUT2D eigenvalue weighted by Gasteiger charge is -2.06. The van der Waals surface area contributed by atoms with Crippen LogP contribution in [0.5, 0.6) is 0 Å². The first-order valence-electron chi connectivity index (χ1n) is 8.41. The third-order valence-corrected chi connectivity index (χ3v) is 4.73. The zero-order valence-electron chi connectivity index (χ0n) is 15.5. The molecule has 0 bridgehead atoms. The van der Waals surface area contributed by atoms with Crippen molar-refractivity contribution in [2.24, 2.45) is 0 Å². The van der Waals surface area contributed by atoms with E-state index in [-0.39, 0.29) is 17.9 Å². The van der Waals surface area contributed by atoms with Gasteiger partial charge < -0.3 is 4.74 Å². The predicted octanol–water partition coefficient (Wildman–Crippen LogP) is 3.93. The fourth-order valence-electron chi connectivity index (χ4n) is 2.64. The maximum absolute atomic E-state index is 12.4. The van der Waals surface area contributed by atoms with Crippen LogP contribution >= 0.6 is 11.3 Å². The quantitative estimate of drug-likeness (QED) is 0.674. The number of methoxy groups -OCH3 is 1. The number of rotatable bonds is 5. The Kier molecular flexibility index (Phi) is 5.36. The van der Waals surface area contributed by atoms with Gasteiger partial charge in [-0.15, -0.1) is 11.3 Å². The SMILES string of the molecule is COC(=O)c1ccc(-c2csc(NC(=O)c3cc(C)n(C(C)C)n3)n2)cc1. The Balaban J connectivity index is 1.73. The number of hydrogen-bond donors (Lipinski definition) is 1. The summed E-state index contributed by atoms with van der Waals surface area (Å²) in [7, 11) is 1.34. The summed E-state index contributed by atoms with van der Waals surface area (Å²) >= 11 is 1.33. The van der Waals surface area contributed by atoms with E-state index in [2.05, 4.69) is 20.1 Å². The summed E-state index contributed by atoms with van der Waals surface area (Å²) in [6.07, 6.45) is 0. The molecule has 2 aromatic heterocycles. The van der Waals surface area contributed by atoms with Crippen LogP contribution in [0.3, 0.4) is 0 Å². The normalized spacial score (nSPS) is 10.9. The second kappa shape index (κ2) is 7.71. The van der Waals surface area contributed by atoms with Gasteiger partial charge in [-0.25, -0.2) is 9.78 Å². The zero-order valence-corrected chi connectivity index (χ0v) is 16.3. The Morgan fingerprint density at radius 3 is 2.52 bits per heavy atom. The lowest BCUT2D eigenvalue weighted by Crippen LogP contribution is -2.13. The summed E-state index contributed by atoms with van der Waals surface area (Å²) in [5, 5.41) is 9.46. The van der Waals surface area contributed by atoms with Gasteiger partial charge in [0, 0.05) is 22.7 Å². The maximum atomic E-state index is 12.4. The van der Waals surface area contributed by atoms with Crippen molar-refractivity contribution in [3.8, 4) is 11.3 Å². The number of hydrogen-bond acceptors (Lipinski definition) is 6. The van der Waals surface area contributed by atoms with E-state index in [4.69, 9.17) is 0 Å². The molecule has 0 saturated carbocycles. The summed E-state index contributed by atoms with van der Waals surface area (Å²) < 4.78 is 6.50. The van der Waals surface area contributed by atoms with Crippen molar-refractivity contribution in [3.05, 3.63) is 52.7 Å². The van der Waals surface area contributed by atoms with Crippen LogP contribution in [0, 0.1) is 6.92 Å². The smallest absolute Gasteiger partial charge is 0.337 e. The number of esters is 1. The molecular formula is C19H20N4O3S. The summed E-state index contributed by atoms with van der Waals surface area (Å²) in [6.45, 7) is 5.95. The molecule has 27 heavy (non-hydrogen) atoms. The number of carbonyl (C=O) groups excluding carboxylic acids is 2. The number of nitrogens with zero attached hydrogens (tertiary/aromatic N) is 3. The van der Waals surface area contributed by atoms with Crippen molar-refractivity contribution in [1.82, 2.24) is 14.8 Å². The highest BCUT2D eigenvalue weighted by Crippen LogP contribution is 2.25. The minimum atomic E-state index is -0.385. The number of thiazole rings is 1. The first-order valence-corrected chi connectivity index (χ1v) is 9.28. The summed E-state index contributed by atoms with van der Waals surface area (Å²) in [5.41, 5.74) is 3.33. The molecule has 1 N–H and O–H groups in total. The summed E-state index contributed by atoms with van der Waals surface area (Å²) in [4.78, 5) is 28.4. The van der Waals surface area contributed by atoms with Crippen molar-refractivity contribution < 1.29 is 14.3 Å². The first kappa shape index (κ1) is 18.8. The van der Waals surface area contributed by atoms with Crippen molar-refractivity contribution >= 4 is 28.3 Å². The van der Waals surface area contributed by atoms with Crippen LogP contribution in [0.15, 0.2) is 35.7 Å². The van der Waals surface area contributed by atoms with Gasteiger partial charge in [-0.1, -0.05) is 12.1 Å². The van der Waals surface area contributed by atoms with Crippen LogP contribution < -0.4 is 5.32 Å². The average molecular weight is 384 g/mol. The Hall–Kier alpha value is -3.00. The molecule has 8 heteroatoms. The van der Waals surface area contributed by atoms with E-state index in [0.29, 0.717) is 16.4 Å². The Morgan fingerprint density at radius 1 is 1.22 bits per heavy atom. The van der Waals surface area contributed by atoms with Gasteiger partial charge >= 0.3 is 5.97 Å². The third kappa shape index (κ3) is 4.06. The molecule has 3 aromatic rings. The summed E-state index contributed by atoms with van der Waals surface area (Å²) in [5.74, 6) is -0.677. The molecule has 0 aliphatic rings. The van der Waals surface area contributed by atoms with Crippen molar-refractivity contribution in [2.75, 3.05) is 12.4 Å². The molecular weight excluding hydrogens is 364 g/mol. The molecule has 0 fully saturated rings. The highest BCUT2D eigenvalue weighted by Gasteiger charge is 2.16. The molecule has 2 heterocycles. The number of aryl methyl sites for hydroxylation is 1. The van der Waals surface area contributed by atoms with Gasteiger partial charge in [-0.3, -0.25) is 14.8 Å². The van der Waals surface area contributed by atoms with Gasteiger partial charge in [0.15, 0.2) is 10.8 Å². The second-order valence-electron chi connectivity index (χ2n) is 6.27. The molecule has 0 aliphatic heterocycles. The van der Waals surface area contributed by atoms with Crippen LogP contribution in [0.4, 0.5) is 5.13 Å². The number of benzene rings is 1. The highest BCUT2D eigenvalue weighted by molar-refractivity contribution is 7.14. The Labute approximate surface area is 161 Å². The average Bonchev–Trinajstić information content (AvgIpc) is 3.28. The maximum Gasteiger partial charge on any atom is 0.337 e. The van der Waals surface area contributed by atoms with Gasteiger partial charge in [0.2, 0.25) is 0 Å². The molecule has 7 nitrogen and oxygen atoms in total. The fraction of sp³-hybridized carbons (Fsp3) is 0.263. The van der Waals surface area contributed by atoms with Gasteiger partial charge in [0.05, 0.1) is 18.4 Å². The van der Waals surface area contributed by atoms with Crippen LogP contribution in [0.25, 0.3) is 11.3 Å². The number of ether oxygens (including phenoxy) is 1. The van der Waals surface area contributed by atoms with Gasteiger partial charge in [0.1, 0.15) is 0 Å². The lowest BCUT2D eigenvalue weighted by molar-refractivity contribution is 0.0600. The number of aromatic nitrogens is 3.